The standard InChI is InChI=1S/C12H16N2O/c1-10(8-14-2)9-15-12-5-3-11(7-13)4-6-12/h3-6,10,14H,8-9H2,1-2H3. The van der Waals surface area contributed by atoms with Crippen molar-refractivity contribution in [3.05, 3.63) is 29.8 Å². The van der Waals surface area contributed by atoms with Gasteiger partial charge in [-0.3, -0.25) is 0 Å². The average Bonchev–Trinajstić information content (AvgIpc) is 2.27. The minimum absolute atomic E-state index is 0.477. The third-order valence-corrected chi connectivity index (χ3v) is 2.07. The summed E-state index contributed by atoms with van der Waals surface area (Å²) in [6.07, 6.45) is 0. The summed E-state index contributed by atoms with van der Waals surface area (Å²) in [5, 5.41) is 11.7. The molecule has 3 heteroatoms. The minimum atomic E-state index is 0.477. The summed E-state index contributed by atoms with van der Waals surface area (Å²) >= 11 is 0. The van der Waals surface area contributed by atoms with Crippen molar-refractivity contribution in [2.24, 2.45) is 5.92 Å². The van der Waals surface area contributed by atoms with Crippen LogP contribution in [0.25, 0.3) is 0 Å². The number of hydrogen-bond acceptors (Lipinski definition) is 3. The Kier molecular flexibility index (Phi) is 4.65. The van der Waals surface area contributed by atoms with Gasteiger partial charge in [-0.05, 0) is 31.3 Å². The summed E-state index contributed by atoms with van der Waals surface area (Å²) in [7, 11) is 1.93. The molecule has 0 amide bonds. The Labute approximate surface area is 90.7 Å². The molecule has 0 radical (unpaired) electrons. The van der Waals surface area contributed by atoms with Gasteiger partial charge in [0.2, 0.25) is 0 Å². The van der Waals surface area contributed by atoms with E-state index in [0.717, 1.165) is 12.3 Å². The highest BCUT2D eigenvalue weighted by molar-refractivity contribution is 5.34. The third-order valence-electron chi connectivity index (χ3n) is 2.07. The van der Waals surface area contributed by atoms with Crippen LogP contribution < -0.4 is 10.1 Å². The zero-order chi connectivity index (χ0) is 11.1. The Morgan fingerprint density at radius 3 is 2.60 bits per heavy atom. The monoisotopic (exact) mass is 204 g/mol. The Morgan fingerprint density at radius 2 is 2.07 bits per heavy atom. The molecule has 80 valence electrons. The van der Waals surface area contributed by atoms with Crippen molar-refractivity contribution in [1.29, 1.82) is 5.26 Å². The largest absolute Gasteiger partial charge is 0.493 e. The van der Waals surface area contributed by atoms with Gasteiger partial charge < -0.3 is 10.1 Å². The second kappa shape index (κ2) is 6.05. The molecule has 0 bridgehead atoms. The van der Waals surface area contributed by atoms with E-state index in [-0.39, 0.29) is 0 Å². The molecule has 0 aliphatic carbocycles. The van der Waals surface area contributed by atoms with Crippen LogP contribution in [0.3, 0.4) is 0 Å². The summed E-state index contributed by atoms with van der Waals surface area (Å²) < 4.78 is 5.57. The molecule has 1 rings (SSSR count). The van der Waals surface area contributed by atoms with Crippen LogP contribution in [0.5, 0.6) is 5.75 Å². The van der Waals surface area contributed by atoms with Crippen LogP contribution in [-0.2, 0) is 0 Å². The third kappa shape index (κ3) is 4.01. The maximum atomic E-state index is 8.62. The van der Waals surface area contributed by atoms with Crippen molar-refractivity contribution in [3.63, 3.8) is 0 Å². The summed E-state index contributed by atoms with van der Waals surface area (Å²) in [6, 6.07) is 9.25. The smallest absolute Gasteiger partial charge is 0.119 e. The van der Waals surface area contributed by atoms with Crippen LogP contribution in [0.2, 0.25) is 0 Å². The van der Waals surface area contributed by atoms with Crippen LogP contribution in [0.4, 0.5) is 0 Å². The Morgan fingerprint density at radius 1 is 1.40 bits per heavy atom. The molecule has 15 heavy (non-hydrogen) atoms. The maximum absolute atomic E-state index is 8.62. The first-order chi connectivity index (χ1) is 7.26. The Bertz CT molecular complexity index is 326. The normalized spacial score (nSPS) is 11.8. The SMILES string of the molecule is CNCC(C)COc1ccc(C#N)cc1. The zero-order valence-corrected chi connectivity index (χ0v) is 9.16. The number of hydrogen-bond donors (Lipinski definition) is 1. The molecule has 1 unspecified atom stereocenters. The van der Waals surface area contributed by atoms with Gasteiger partial charge in [-0.15, -0.1) is 0 Å². The van der Waals surface area contributed by atoms with E-state index in [4.69, 9.17) is 10.00 Å². The van der Waals surface area contributed by atoms with Gasteiger partial charge in [0.25, 0.3) is 0 Å². The average molecular weight is 204 g/mol. The molecular formula is C12H16N2O. The highest BCUT2D eigenvalue weighted by Crippen LogP contribution is 2.12. The number of rotatable bonds is 5. The predicted molar refractivity (Wildman–Crippen MR) is 59.7 cm³/mol. The van der Waals surface area contributed by atoms with Crippen molar-refractivity contribution >= 4 is 0 Å². The van der Waals surface area contributed by atoms with E-state index in [2.05, 4.69) is 18.3 Å². The Hall–Kier alpha value is -1.53. The van der Waals surface area contributed by atoms with E-state index in [0.29, 0.717) is 18.1 Å². The van der Waals surface area contributed by atoms with Gasteiger partial charge in [-0.2, -0.15) is 5.26 Å². The summed E-state index contributed by atoms with van der Waals surface area (Å²) in [6.45, 7) is 3.75. The molecule has 3 nitrogen and oxygen atoms in total. The lowest BCUT2D eigenvalue weighted by Gasteiger charge is -2.12. The van der Waals surface area contributed by atoms with E-state index in [1.807, 2.05) is 19.2 Å². The number of nitriles is 1. The van der Waals surface area contributed by atoms with E-state index >= 15 is 0 Å². The molecule has 1 atom stereocenters. The van der Waals surface area contributed by atoms with Gasteiger partial charge in [-0.25, -0.2) is 0 Å². The van der Waals surface area contributed by atoms with E-state index in [1.54, 1.807) is 12.1 Å². The van der Waals surface area contributed by atoms with E-state index in [1.165, 1.54) is 0 Å². The fraction of sp³-hybridized carbons (Fsp3) is 0.417. The highest BCUT2D eigenvalue weighted by atomic mass is 16.5. The molecule has 0 heterocycles. The molecule has 0 saturated heterocycles. The first-order valence-corrected chi connectivity index (χ1v) is 5.04. The van der Waals surface area contributed by atoms with Gasteiger partial charge in [0, 0.05) is 12.5 Å². The fourth-order valence-electron chi connectivity index (χ4n) is 1.27. The quantitative estimate of drug-likeness (QED) is 0.795. The highest BCUT2D eigenvalue weighted by Gasteiger charge is 2.01. The zero-order valence-electron chi connectivity index (χ0n) is 9.16. The molecule has 0 aliphatic heterocycles. The van der Waals surface area contributed by atoms with E-state index < -0.39 is 0 Å². The van der Waals surface area contributed by atoms with Gasteiger partial charge in [0.15, 0.2) is 0 Å². The lowest BCUT2D eigenvalue weighted by atomic mass is 10.2. The number of ether oxygens (including phenoxy) is 1. The Balaban J connectivity index is 2.41. The number of nitrogens with one attached hydrogen (secondary N) is 1. The molecule has 1 N–H and O–H groups in total. The molecule has 0 aliphatic rings. The first kappa shape index (κ1) is 11.5. The van der Waals surface area contributed by atoms with Crippen LogP contribution >= 0.6 is 0 Å². The topological polar surface area (TPSA) is 45.0 Å². The summed E-state index contributed by atoms with van der Waals surface area (Å²) in [5.74, 6) is 1.29. The van der Waals surface area contributed by atoms with Crippen molar-refractivity contribution in [1.82, 2.24) is 5.32 Å². The minimum Gasteiger partial charge on any atom is -0.493 e. The first-order valence-electron chi connectivity index (χ1n) is 5.04. The molecule has 0 spiro atoms. The van der Waals surface area contributed by atoms with Crippen LogP contribution in [0.1, 0.15) is 12.5 Å². The molecule has 0 saturated carbocycles. The van der Waals surface area contributed by atoms with Gasteiger partial charge in [0.05, 0.1) is 18.2 Å². The summed E-state index contributed by atoms with van der Waals surface area (Å²) in [5.41, 5.74) is 0.658. The van der Waals surface area contributed by atoms with Crippen molar-refractivity contribution in [2.45, 2.75) is 6.92 Å². The van der Waals surface area contributed by atoms with Crippen molar-refractivity contribution in [2.75, 3.05) is 20.2 Å². The molecule has 0 fully saturated rings. The van der Waals surface area contributed by atoms with Crippen LogP contribution in [0, 0.1) is 17.2 Å². The second-order valence-corrected chi connectivity index (χ2v) is 3.61. The van der Waals surface area contributed by atoms with Gasteiger partial charge in [-0.1, -0.05) is 6.92 Å². The predicted octanol–water partition coefficient (Wildman–Crippen LogP) is 1.79. The van der Waals surface area contributed by atoms with Gasteiger partial charge >= 0.3 is 0 Å². The summed E-state index contributed by atoms with van der Waals surface area (Å²) in [4.78, 5) is 0. The molecule has 1 aromatic carbocycles. The molecular weight excluding hydrogens is 188 g/mol. The number of benzene rings is 1. The van der Waals surface area contributed by atoms with Crippen LogP contribution in [-0.4, -0.2) is 20.2 Å². The second-order valence-electron chi connectivity index (χ2n) is 3.61. The lowest BCUT2D eigenvalue weighted by molar-refractivity contribution is 0.258. The molecule has 0 aromatic heterocycles. The van der Waals surface area contributed by atoms with E-state index in [9.17, 15) is 0 Å². The maximum Gasteiger partial charge on any atom is 0.119 e. The fourth-order valence-corrected chi connectivity index (χ4v) is 1.27. The lowest BCUT2D eigenvalue weighted by Crippen LogP contribution is -2.21. The number of nitrogens with zero attached hydrogens (tertiary/aromatic N) is 1. The van der Waals surface area contributed by atoms with Crippen molar-refractivity contribution < 1.29 is 4.74 Å². The van der Waals surface area contributed by atoms with Crippen LogP contribution in [0.15, 0.2) is 24.3 Å². The molecule has 1 aromatic rings. The van der Waals surface area contributed by atoms with Gasteiger partial charge in [0.1, 0.15) is 5.75 Å². The van der Waals surface area contributed by atoms with Crippen molar-refractivity contribution in [3.8, 4) is 11.8 Å².